The molecule has 2 aromatic heterocycles. The highest BCUT2D eigenvalue weighted by Crippen LogP contribution is 2.35. The van der Waals surface area contributed by atoms with Gasteiger partial charge in [0.15, 0.2) is 27.8 Å². The molecule has 14 heteroatoms. The molecule has 0 bridgehead atoms. The van der Waals surface area contributed by atoms with Crippen LogP contribution in [-0.4, -0.2) is 77.2 Å². The van der Waals surface area contributed by atoms with Crippen LogP contribution in [0.2, 0.25) is 0 Å². The molecule has 54 heavy (non-hydrogen) atoms. The Bertz CT molecular complexity index is 2720. The van der Waals surface area contributed by atoms with Crippen molar-refractivity contribution in [2.45, 2.75) is 45.3 Å². The van der Waals surface area contributed by atoms with Crippen molar-refractivity contribution in [1.29, 1.82) is 0 Å². The zero-order chi connectivity index (χ0) is 37.9. The number of carbonyl (C=O) groups excluding carboxylic acids is 2. The van der Waals surface area contributed by atoms with Crippen LogP contribution in [0.4, 0.5) is 14.9 Å². The van der Waals surface area contributed by atoms with E-state index in [1.165, 1.54) is 23.2 Å². The Morgan fingerprint density at radius 3 is 2.41 bits per heavy atom. The van der Waals surface area contributed by atoms with E-state index in [9.17, 15) is 24.0 Å². The van der Waals surface area contributed by atoms with Gasteiger partial charge in [0.1, 0.15) is 29.0 Å². The number of amides is 2. The average molecular weight is 736 g/mol. The number of likely N-dealkylation sites (tertiary alicyclic amines) is 1. The number of benzene rings is 4. The lowest BCUT2D eigenvalue weighted by Crippen LogP contribution is -2.41. The third-order valence-corrected chi connectivity index (χ3v) is 9.89. The molecular formula is C40H38FN5O8. The predicted octanol–water partition coefficient (Wildman–Crippen LogP) is 5.15. The molecule has 278 valence electrons. The van der Waals surface area contributed by atoms with Crippen molar-refractivity contribution in [3.63, 3.8) is 0 Å². The van der Waals surface area contributed by atoms with Gasteiger partial charge in [-0.2, -0.15) is 0 Å². The minimum Gasteiger partial charge on any atom is -0.498 e. The molecule has 2 aliphatic rings. The Morgan fingerprint density at radius 2 is 1.70 bits per heavy atom. The van der Waals surface area contributed by atoms with Gasteiger partial charge < -0.3 is 38.7 Å². The summed E-state index contributed by atoms with van der Waals surface area (Å²) >= 11 is 0. The number of nitrogens with one attached hydrogen (secondary N) is 2. The summed E-state index contributed by atoms with van der Waals surface area (Å²) in [5.41, 5.74) is -1.71. The minimum absolute atomic E-state index is 0.0117. The predicted molar refractivity (Wildman–Crippen MR) is 203 cm³/mol. The Morgan fingerprint density at radius 1 is 0.963 bits per heavy atom. The molecule has 13 nitrogen and oxygen atoms in total. The van der Waals surface area contributed by atoms with Crippen LogP contribution in [0, 0.1) is 5.82 Å². The summed E-state index contributed by atoms with van der Waals surface area (Å²) in [6.07, 6.45) is 5.33. The van der Waals surface area contributed by atoms with Crippen LogP contribution in [0.15, 0.2) is 79.9 Å². The lowest BCUT2D eigenvalue weighted by Gasteiger charge is -2.23. The summed E-state index contributed by atoms with van der Waals surface area (Å²) in [6, 6.07) is 10.2. The van der Waals surface area contributed by atoms with Crippen LogP contribution in [0.3, 0.4) is 0 Å². The molecule has 1 unspecified atom stereocenters. The average Bonchev–Trinajstić information content (AvgIpc) is 3.61. The van der Waals surface area contributed by atoms with E-state index in [0.29, 0.717) is 38.1 Å². The maximum absolute atomic E-state index is 16.2. The first kappa shape index (κ1) is 34.9. The summed E-state index contributed by atoms with van der Waals surface area (Å²) in [6.45, 7) is 7.98. The first-order chi connectivity index (χ1) is 25.9. The normalized spacial score (nSPS) is 16.2. The van der Waals surface area contributed by atoms with Gasteiger partial charge in [-0.05, 0) is 51.8 Å². The molecule has 0 saturated carbocycles. The zero-order valence-electron chi connectivity index (χ0n) is 30.0. The maximum atomic E-state index is 16.2. The monoisotopic (exact) mass is 735 g/mol. The topological polar surface area (TPSA) is 152 Å². The van der Waals surface area contributed by atoms with E-state index < -0.39 is 34.9 Å². The second-order valence-corrected chi connectivity index (χ2v) is 14.7. The number of halogens is 1. The van der Waals surface area contributed by atoms with Gasteiger partial charge in [-0.3, -0.25) is 19.2 Å². The van der Waals surface area contributed by atoms with E-state index in [-0.39, 0.29) is 78.8 Å². The number of carbonyl (C=O) groups is 2. The Kier molecular flexibility index (Phi) is 8.62. The van der Waals surface area contributed by atoms with E-state index in [1.807, 2.05) is 6.20 Å². The van der Waals surface area contributed by atoms with Gasteiger partial charge in [-0.25, -0.2) is 9.18 Å². The molecule has 0 radical (unpaired) electrons. The number of hydrogen-bond acceptors (Lipinski definition) is 10. The number of fused-ring (bicyclic) bond motifs is 4. The van der Waals surface area contributed by atoms with Crippen LogP contribution >= 0.6 is 0 Å². The van der Waals surface area contributed by atoms with Gasteiger partial charge in [0.2, 0.25) is 5.43 Å². The zero-order valence-corrected chi connectivity index (χ0v) is 30.0. The molecule has 2 aliphatic heterocycles. The lowest BCUT2D eigenvalue weighted by molar-refractivity contribution is 0.0502. The van der Waals surface area contributed by atoms with E-state index >= 15 is 4.39 Å². The number of rotatable bonds is 7. The van der Waals surface area contributed by atoms with Crippen molar-refractivity contribution in [2.75, 3.05) is 44.6 Å². The number of aromatic nitrogens is 1. The van der Waals surface area contributed by atoms with Crippen LogP contribution in [0.25, 0.3) is 49.1 Å². The molecule has 8 rings (SSSR count). The summed E-state index contributed by atoms with van der Waals surface area (Å²) in [4.78, 5) is 71.6. The van der Waals surface area contributed by atoms with Crippen LogP contribution in [-0.2, 0) is 9.47 Å². The van der Waals surface area contributed by atoms with Crippen LogP contribution < -0.4 is 26.9 Å². The van der Waals surface area contributed by atoms with Crippen molar-refractivity contribution in [1.82, 2.24) is 19.5 Å². The first-order valence-electron chi connectivity index (χ1n) is 17.9. The molecule has 1 saturated heterocycles. The summed E-state index contributed by atoms with van der Waals surface area (Å²) < 4.78 is 34.7. The summed E-state index contributed by atoms with van der Waals surface area (Å²) in [5, 5.41) is 6.61. The van der Waals surface area contributed by atoms with Crippen molar-refractivity contribution in [3.8, 4) is 0 Å². The fraction of sp³-hybridized carbons (Fsp3) is 0.325. The minimum atomic E-state index is -0.763. The molecule has 1 atom stereocenters. The molecule has 1 fully saturated rings. The number of hydrogen-bond donors (Lipinski definition) is 2. The standard InChI is InChI=1S/C40H38FN5O8/c1-40(2,3)54-39(51)43-22-9-12-45(20-22)38(50)28-21-46-30-18-25-26(35(48)24-8-5-4-7-23(24)34(25)47)19-31(30)53-37-32(29(41)17-27(33(37)46)36(28)49)42-10-6-11-44-13-15-52-16-14-44/h4-5,7-8,13,15,17-19,21-22,42H,6,9-12,14,16,20H2,1-3H3,(H,43,51). The third-order valence-electron chi connectivity index (χ3n) is 9.89. The van der Waals surface area contributed by atoms with Crippen LogP contribution in [0.5, 0.6) is 0 Å². The quantitative estimate of drug-likeness (QED) is 0.128. The Hall–Kier alpha value is -6.18. The highest BCUT2D eigenvalue weighted by atomic mass is 19.1. The highest BCUT2D eigenvalue weighted by molar-refractivity contribution is 6.08. The highest BCUT2D eigenvalue weighted by Gasteiger charge is 2.32. The van der Waals surface area contributed by atoms with Gasteiger partial charge in [0, 0.05) is 60.1 Å². The number of alkyl carbamates (subject to hydrolysis) is 1. The fourth-order valence-electron chi connectivity index (χ4n) is 7.36. The van der Waals surface area contributed by atoms with E-state index in [2.05, 4.69) is 15.5 Å². The third kappa shape index (κ3) is 6.20. The maximum Gasteiger partial charge on any atom is 0.407 e. The van der Waals surface area contributed by atoms with E-state index in [4.69, 9.17) is 13.9 Å². The molecule has 6 aromatic rings. The van der Waals surface area contributed by atoms with Gasteiger partial charge >= 0.3 is 6.09 Å². The van der Waals surface area contributed by atoms with E-state index in [0.717, 1.165) is 12.6 Å². The number of pyridine rings is 1. The molecule has 4 heterocycles. The van der Waals surface area contributed by atoms with Gasteiger partial charge in [0.05, 0.1) is 29.8 Å². The molecule has 2 amide bonds. The molecule has 2 N–H and O–H groups in total. The summed E-state index contributed by atoms with van der Waals surface area (Å²) in [5.74, 6) is -1.37. The Labute approximate surface area is 306 Å². The molecule has 0 aliphatic carbocycles. The lowest BCUT2D eigenvalue weighted by atomic mass is 10.0. The largest absolute Gasteiger partial charge is 0.498 e. The second-order valence-electron chi connectivity index (χ2n) is 14.7. The molecule has 0 spiro atoms. The SMILES string of the molecule is CC(C)(C)OC(=O)NC1CCN(C(=O)c2cn3c4cc5c(=O)c6ccccc6c(=O)c5cc4oc4c(NCCCN5C=COCC5)c(F)cc(c2=O)c43)C1. The molecule has 4 aromatic carbocycles. The van der Waals surface area contributed by atoms with Crippen molar-refractivity contribution >= 4 is 66.8 Å². The number of nitrogens with zero attached hydrogens (tertiary/aromatic N) is 3. The van der Waals surface area contributed by atoms with E-state index in [1.54, 1.807) is 55.7 Å². The second kappa shape index (κ2) is 13.3. The van der Waals surface area contributed by atoms with Gasteiger partial charge in [-0.15, -0.1) is 0 Å². The fourth-order valence-corrected chi connectivity index (χ4v) is 7.36. The number of anilines is 1. The number of ether oxygens (including phenoxy) is 2. The summed E-state index contributed by atoms with van der Waals surface area (Å²) in [7, 11) is 0. The Balaban J connectivity index is 1.26. The first-order valence-corrected chi connectivity index (χ1v) is 17.9. The van der Waals surface area contributed by atoms with Crippen molar-refractivity contribution in [3.05, 3.63) is 103 Å². The van der Waals surface area contributed by atoms with Crippen molar-refractivity contribution in [2.24, 2.45) is 0 Å². The van der Waals surface area contributed by atoms with Crippen molar-refractivity contribution < 1.29 is 27.9 Å². The van der Waals surface area contributed by atoms with Gasteiger partial charge in [0.25, 0.3) is 5.91 Å². The van der Waals surface area contributed by atoms with Crippen LogP contribution in [0.1, 0.15) is 44.0 Å². The molecular weight excluding hydrogens is 697 g/mol. The smallest absolute Gasteiger partial charge is 0.407 e. The van der Waals surface area contributed by atoms with Gasteiger partial charge in [-0.1, -0.05) is 24.3 Å².